The van der Waals surface area contributed by atoms with Crippen molar-refractivity contribution in [1.82, 2.24) is 0 Å². The number of sulfone groups is 1. The first kappa shape index (κ1) is 11.7. The van der Waals surface area contributed by atoms with Crippen LogP contribution < -0.4 is 0 Å². The summed E-state index contributed by atoms with van der Waals surface area (Å²) < 4.78 is 27.1. The molecular formula is C10H12O4S. The van der Waals surface area contributed by atoms with Gasteiger partial charge in [0.15, 0.2) is 9.84 Å². The van der Waals surface area contributed by atoms with Crippen LogP contribution in [0.15, 0.2) is 23.1 Å². The average molecular weight is 228 g/mol. The Labute approximate surface area is 88.8 Å². The Balaban J connectivity index is 3.27. The fraction of sp³-hybridized carbons (Fsp3) is 0.300. The van der Waals surface area contributed by atoms with Crippen molar-refractivity contribution in [2.75, 3.05) is 13.4 Å². The molecule has 0 saturated heterocycles. The third kappa shape index (κ3) is 2.56. The molecule has 0 aromatic heterocycles. The molecule has 0 saturated carbocycles. The zero-order valence-corrected chi connectivity index (χ0v) is 9.59. The minimum Gasteiger partial charge on any atom is -0.465 e. The first-order valence-electron chi connectivity index (χ1n) is 4.25. The van der Waals surface area contributed by atoms with E-state index < -0.39 is 15.8 Å². The minimum absolute atomic E-state index is 0.232. The number of benzene rings is 1. The molecule has 0 aliphatic heterocycles. The van der Waals surface area contributed by atoms with Gasteiger partial charge in [-0.2, -0.15) is 0 Å². The maximum Gasteiger partial charge on any atom is 0.337 e. The molecule has 0 atom stereocenters. The van der Waals surface area contributed by atoms with Crippen LogP contribution in [-0.2, 0) is 14.6 Å². The van der Waals surface area contributed by atoms with E-state index in [1.165, 1.54) is 25.3 Å². The third-order valence-electron chi connectivity index (χ3n) is 2.00. The maximum absolute atomic E-state index is 11.3. The third-order valence-corrected chi connectivity index (χ3v) is 3.25. The number of methoxy groups -OCH3 is 1. The molecule has 1 rings (SSSR count). The summed E-state index contributed by atoms with van der Waals surface area (Å²) in [5.74, 6) is -0.474. The lowest BCUT2D eigenvalue weighted by molar-refractivity contribution is 0.0600. The lowest BCUT2D eigenvalue weighted by Crippen LogP contribution is -2.05. The second-order valence-electron chi connectivity index (χ2n) is 3.24. The van der Waals surface area contributed by atoms with Crippen LogP contribution in [0, 0.1) is 6.92 Å². The van der Waals surface area contributed by atoms with E-state index >= 15 is 0 Å². The Hall–Kier alpha value is -1.36. The summed E-state index contributed by atoms with van der Waals surface area (Å²) in [6.45, 7) is 1.64. The minimum atomic E-state index is -3.23. The highest BCUT2D eigenvalue weighted by atomic mass is 32.2. The highest BCUT2D eigenvalue weighted by molar-refractivity contribution is 7.90. The molecule has 5 heteroatoms. The van der Waals surface area contributed by atoms with Crippen LogP contribution in [0.1, 0.15) is 15.9 Å². The zero-order valence-electron chi connectivity index (χ0n) is 8.77. The molecule has 0 amide bonds. The molecule has 0 N–H and O–H groups in total. The van der Waals surface area contributed by atoms with E-state index in [0.717, 1.165) is 6.26 Å². The van der Waals surface area contributed by atoms with E-state index in [4.69, 9.17) is 0 Å². The molecule has 1 aromatic rings. The van der Waals surface area contributed by atoms with Gasteiger partial charge in [-0.3, -0.25) is 0 Å². The zero-order chi connectivity index (χ0) is 11.6. The SMILES string of the molecule is COC(=O)c1ccc(S(C)(=O)=O)c(C)c1. The normalized spacial score (nSPS) is 11.1. The van der Waals surface area contributed by atoms with Gasteiger partial charge in [0.1, 0.15) is 0 Å². The molecule has 4 nitrogen and oxygen atoms in total. The van der Waals surface area contributed by atoms with Gasteiger partial charge in [-0.05, 0) is 30.7 Å². The number of hydrogen-bond donors (Lipinski definition) is 0. The quantitative estimate of drug-likeness (QED) is 0.713. The number of carbonyl (C=O) groups is 1. The van der Waals surface area contributed by atoms with Crippen molar-refractivity contribution < 1.29 is 17.9 Å². The molecule has 0 unspecified atom stereocenters. The van der Waals surface area contributed by atoms with Gasteiger partial charge >= 0.3 is 5.97 Å². The number of rotatable bonds is 2. The lowest BCUT2D eigenvalue weighted by Gasteiger charge is -2.05. The molecule has 0 heterocycles. The van der Waals surface area contributed by atoms with E-state index in [0.29, 0.717) is 11.1 Å². The second kappa shape index (κ2) is 4.02. The van der Waals surface area contributed by atoms with E-state index in [-0.39, 0.29) is 4.90 Å². The van der Waals surface area contributed by atoms with Gasteiger partial charge in [0, 0.05) is 6.26 Å². The highest BCUT2D eigenvalue weighted by Crippen LogP contribution is 2.16. The molecule has 1 aromatic carbocycles. The Morgan fingerprint density at radius 2 is 1.93 bits per heavy atom. The van der Waals surface area contributed by atoms with Crippen LogP contribution in [0.4, 0.5) is 0 Å². The number of carbonyl (C=O) groups excluding carboxylic acids is 1. The Morgan fingerprint density at radius 3 is 2.33 bits per heavy atom. The average Bonchev–Trinajstić information content (AvgIpc) is 2.14. The van der Waals surface area contributed by atoms with E-state index in [9.17, 15) is 13.2 Å². The number of ether oxygens (including phenoxy) is 1. The predicted molar refractivity (Wildman–Crippen MR) is 55.6 cm³/mol. The Kier molecular flexibility index (Phi) is 3.14. The molecule has 0 aliphatic carbocycles. The van der Waals surface area contributed by atoms with Gasteiger partial charge in [0.05, 0.1) is 17.6 Å². The van der Waals surface area contributed by atoms with Crippen molar-refractivity contribution in [3.8, 4) is 0 Å². The van der Waals surface area contributed by atoms with Crippen molar-refractivity contribution in [2.45, 2.75) is 11.8 Å². The fourth-order valence-corrected chi connectivity index (χ4v) is 2.27. The second-order valence-corrected chi connectivity index (χ2v) is 5.23. The van der Waals surface area contributed by atoms with Crippen molar-refractivity contribution in [1.29, 1.82) is 0 Å². The van der Waals surface area contributed by atoms with Crippen LogP contribution >= 0.6 is 0 Å². The van der Waals surface area contributed by atoms with Crippen molar-refractivity contribution >= 4 is 15.8 Å². The van der Waals surface area contributed by atoms with Crippen molar-refractivity contribution in [3.05, 3.63) is 29.3 Å². The number of esters is 1. The fourth-order valence-electron chi connectivity index (χ4n) is 1.31. The van der Waals surface area contributed by atoms with Gasteiger partial charge in [0.25, 0.3) is 0 Å². The summed E-state index contributed by atoms with van der Waals surface area (Å²) in [6, 6.07) is 4.36. The smallest absolute Gasteiger partial charge is 0.337 e. The first-order chi connectivity index (χ1) is 6.86. The molecule has 0 radical (unpaired) electrons. The molecule has 15 heavy (non-hydrogen) atoms. The summed E-state index contributed by atoms with van der Waals surface area (Å²) in [5, 5.41) is 0. The standard InChI is InChI=1S/C10H12O4S/c1-7-6-8(10(11)14-2)4-5-9(7)15(3,12)13/h4-6H,1-3H3. The summed E-state index contributed by atoms with van der Waals surface area (Å²) in [6.07, 6.45) is 1.13. The highest BCUT2D eigenvalue weighted by Gasteiger charge is 2.13. The topological polar surface area (TPSA) is 60.4 Å². The Morgan fingerprint density at radius 1 is 1.33 bits per heavy atom. The van der Waals surface area contributed by atoms with Gasteiger partial charge in [0.2, 0.25) is 0 Å². The number of aryl methyl sites for hydroxylation is 1. The van der Waals surface area contributed by atoms with E-state index in [2.05, 4.69) is 4.74 Å². The largest absolute Gasteiger partial charge is 0.465 e. The lowest BCUT2D eigenvalue weighted by atomic mass is 10.1. The monoisotopic (exact) mass is 228 g/mol. The predicted octanol–water partition coefficient (Wildman–Crippen LogP) is 1.19. The maximum atomic E-state index is 11.3. The summed E-state index contributed by atoms with van der Waals surface area (Å²) in [7, 11) is -1.95. The van der Waals surface area contributed by atoms with Gasteiger partial charge < -0.3 is 4.74 Å². The molecular weight excluding hydrogens is 216 g/mol. The molecule has 82 valence electrons. The van der Waals surface area contributed by atoms with Gasteiger partial charge in [-0.1, -0.05) is 0 Å². The molecule has 0 fully saturated rings. The van der Waals surface area contributed by atoms with Crippen LogP contribution in [0.25, 0.3) is 0 Å². The first-order valence-corrected chi connectivity index (χ1v) is 6.14. The van der Waals surface area contributed by atoms with E-state index in [1.54, 1.807) is 6.92 Å². The van der Waals surface area contributed by atoms with Crippen LogP contribution in [0.3, 0.4) is 0 Å². The summed E-state index contributed by atoms with van der Waals surface area (Å²) in [4.78, 5) is 11.4. The summed E-state index contributed by atoms with van der Waals surface area (Å²) in [5.41, 5.74) is 0.891. The van der Waals surface area contributed by atoms with Crippen LogP contribution in [0.2, 0.25) is 0 Å². The van der Waals surface area contributed by atoms with Crippen LogP contribution in [0.5, 0.6) is 0 Å². The Bertz CT molecular complexity index is 488. The number of hydrogen-bond acceptors (Lipinski definition) is 4. The van der Waals surface area contributed by atoms with Crippen LogP contribution in [-0.4, -0.2) is 27.8 Å². The molecule has 0 aliphatic rings. The summed E-state index contributed by atoms with van der Waals surface area (Å²) >= 11 is 0. The van der Waals surface area contributed by atoms with E-state index in [1.807, 2.05) is 0 Å². The molecule has 0 spiro atoms. The van der Waals surface area contributed by atoms with Gasteiger partial charge in [-0.25, -0.2) is 13.2 Å². The van der Waals surface area contributed by atoms with Crippen molar-refractivity contribution in [3.63, 3.8) is 0 Å². The van der Waals surface area contributed by atoms with Gasteiger partial charge in [-0.15, -0.1) is 0 Å². The molecule has 0 bridgehead atoms. The van der Waals surface area contributed by atoms with Crippen molar-refractivity contribution in [2.24, 2.45) is 0 Å².